The molecule has 0 unspecified atom stereocenters. The van der Waals surface area contributed by atoms with Crippen LogP contribution < -0.4 is 16.4 Å². The lowest BCUT2D eigenvalue weighted by Crippen LogP contribution is -2.56. The van der Waals surface area contributed by atoms with E-state index < -0.39 is 23.7 Å². The van der Waals surface area contributed by atoms with Gasteiger partial charge in [-0.3, -0.25) is 4.79 Å². The number of halogens is 2. The minimum absolute atomic E-state index is 0.0546. The first-order valence-corrected chi connectivity index (χ1v) is 12.3. The highest BCUT2D eigenvalue weighted by Gasteiger charge is 2.35. The van der Waals surface area contributed by atoms with E-state index in [1.807, 2.05) is 0 Å². The molecule has 186 valence electrons. The Labute approximate surface area is 202 Å². The molecule has 0 aromatic heterocycles. The van der Waals surface area contributed by atoms with Crippen LogP contribution in [0, 0.1) is 11.6 Å². The lowest BCUT2D eigenvalue weighted by molar-refractivity contribution is -0.119. The number of amides is 1. The van der Waals surface area contributed by atoms with Gasteiger partial charge in [0, 0.05) is 37.2 Å². The Morgan fingerprint density at radius 2 is 1.71 bits per heavy atom. The van der Waals surface area contributed by atoms with Crippen molar-refractivity contribution in [1.82, 2.24) is 10.6 Å². The van der Waals surface area contributed by atoms with Gasteiger partial charge in [-0.15, -0.1) is 0 Å². The van der Waals surface area contributed by atoms with E-state index >= 15 is 0 Å². The second-order valence-electron chi connectivity index (χ2n) is 10.8. The van der Waals surface area contributed by atoms with Crippen LogP contribution in [0.25, 0.3) is 0 Å². The van der Waals surface area contributed by atoms with Gasteiger partial charge >= 0.3 is 0 Å². The zero-order chi connectivity index (χ0) is 24.9. The molecule has 0 saturated heterocycles. The van der Waals surface area contributed by atoms with Crippen molar-refractivity contribution < 1.29 is 13.6 Å². The Bertz CT molecular complexity index is 960. The Morgan fingerprint density at radius 1 is 1.06 bits per heavy atom. The molecule has 2 aromatic carbocycles. The highest BCUT2D eigenvalue weighted by Crippen LogP contribution is 2.38. The van der Waals surface area contributed by atoms with Gasteiger partial charge in [0.1, 0.15) is 11.6 Å². The third kappa shape index (κ3) is 6.86. The monoisotopic (exact) mass is 471 g/mol. The number of nitrogens with two attached hydrogens (primary N) is 1. The molecule has 2 aromatic rings. The van der Waals surface area contributed by atoms with Crippen molar-refractivity contribution in [2.45, 2.75) is 89.3 Å². The van der Waals surface area contributed by atoms with Gasteiger partial charge in [0.15, 0.2) is 0 Å². The maximum Gasteiger partial charge on any atom is 0.217 e. The molecule has 4 nitrogen and oxygen atoms in total. The highest BCUT2D eigenvalue weighted by molar-refractivity contribution is 5.73. The second kappa shape index (κ2) is 11.0. The predicted molar refractivity (Wildman–Crippen MR) is 134 cm³/mol. The maximum atomic E-state index is 13.7. The van der Waals surface area contributed by atoms with E-state index in [1.54, 1.807) is 0 Å². The summed E-state index contributed by atoms with van der Waals surface area (Å²) < 4.78 is 27.4. The molecular weight excluding hydrogens is 432 g/mol. The molecule has 0 heterocycles. The summed E-state index contributed by atoms with van der Waals surface area (Å²) in [6.07, 6.45) is 5.79. The van der Waals surface area contributed by atoms with Crippen LogP contribution in [0.3, 0.4) is 0 Å². The minimum atomic E-state index is -0.636. The third-order valence-electron chi connectivity index (χ3n) is 6.95. The summed E-state index contributed by atoms with van der Waals surface area (Å²) in [5.74, 6) is -1.49. The summed E-state index contributed by atoms with van der Waals surface area (Å²) in [5, 5.41) is 6.65. The van der Waals surface area contributed by atoms with E-state index in [0.717, 1.165) is 31.7 Å². The fraction of sp³-hybridized carbons (Fsp3) is 0.536. The Balaban J connectivity index is 1.80. The number of nitrogens with one attached hydrogen (secondary N) is 2. The van der Waals surface area contributed by atoms with E-state index in [2.05, 4.69) is 55.7 Å². The zero-order valence-corrected chi connectivity index (χ0v) is 20.9. The molecule has 1 aliphatic rings. The van der Waals surface area contributed by atoms with E-state index in [-0.39, 0.29) is 23.3 Å². The average Bonchev–Trinajstić information content (AvgIpc) is 2.76. The Kier molecular flexibility index (Phi) is 8.47. The van der Waals surface area contributed by atoms with Gasteiger partial charge in [-0.25, -0.2) is 8.78 Å². The summed E-state index contributed by atoms with van der Waals surface area (Å²) in [6.45, 7) is 8.56. The van der Waals surface area contributed by atoms with Crippen LogP contribution in [-0.4, -0.2) is 24.5 Å². The molecule has 1 fully saturated rings. The first kappa shape index (κ1) is 26.3. The zero-order valence-electron chi connectivity index (χ0n) is 20.9. The predicted octanol–water partition coefficient (Wildman–Crippen LogP) is 5.09. The van der Waals surface area contributed by atoms with Crippen LogP contribution in [0.4, 0.5) is 8.78 Å². The first-order chi connectivity index (χ1) is 16.0. The SMILES string of the molecule is CC(=O)N[C@@H](Cc1cc(F)cc(F)c1)[C@H](N)CNC1(c2cccc(C(C)(C)C)c2)CCCCC1. The van der Waals surface area contributed by atoms with Crippen molar-refractivity contribution >= 4 is 5.91 Å². The van der Waals surface area contributed by atoms with Crippen LogP contribution >= 0.6 is 0 Å². The fourth-order valence-electron chi connectivity index (χ4n) is 5.01. The first-order valence-electron chi connectivity index (χ1n) is 12.3. The normalized spacial score (nSPS) is 17.7. The van der Waals surface area contributed by atoms with Crippen LogP contribution in [0.1, 0.15) is 76.5 Å². The molecule has 1 aliphatic carbocycles. The van der Waals surface area contributed by atoms with Gasteiger partial charge in [-0.05, 0) is 53.5 Å². The quantitative estimate of drug-likeness (QED) is 0.503. The van der Waals surface area contributed by atoms with Gasteiger partial charge in [0.05, 0.1) is 0 Å². The van der Waals surface area contributed by atoms with Gasteiger partial charge in [0.2, 0.25) is 5.91 Å². The molecule has 1 amide bonds. The number of carbonyl (C=O) groups excluding carboxylic acids is 1. The van der Waals surface area contributed by atoms with Crippen LogP contribution in [-0.2, 0) is 22.2 Å². The van der Waals surface area contributed by atoms with E-state index in [0.29, 0.717) is 12.1 Å². The van der Waals surface area contributed by atoms with Crippen LogP contribution in [0.5, 0.6) is 0 Å². The molecule has 0 radical (unpaired) electrons. The lowest BCUT2D eigenvalue weighted by Gasteiger charge is -2.41. The van der Waals surface area contributed by atoms with Crippen molar-refractivity contribution in [2.75, 3.05) is 6.54 Å². The molecule has 4 N–H and O–H groups in total. The number of rotatable bonds is 8. The minimum Gasteiger partial charge on any atom is -0.352 e. The Hall–Kier alpha value is -2.31. The standard InChI is InChI=1S/C28H39F2N3O/c1-19(34)33-26(15-20-13-23(29)17-24(30)14-20)25(31)18-32-28(11-6-5-7-12-28)22-10-8-9-21(16-22)27(2,3)4/h8-10,13-14,16-17,25-26,32H,5-7,11-12,15,18,31H2,1-4H3,(H,33,34)/t25-,26+/m1/s1. The molecule has 0 spiro atoms. The fourth-order valence-corrected chi connectivity index (χ4v) is 5.01. The van der Waals surface area contributed by atoms with Crippen molar-refractivity contribution in [3.8, 4) is 0 Å². The number of benzene rings is 2. The molecule has 0 aliphatic heterocycles. The molecule has 34 heavy (non-hydrogen) atoms. The van der Waals surface area contributed by atoms with Crippen molar-refractivity contribution in [2.24, 2.45) is 5.73 Å². The van der Waals surface area contributed by atoms with E-state index in [4.69, 9.17) is 5.73 Å². The van der Waals surface area contributed by atoms with Gasteiger partial charge < -0.3 is 16.4 Å². The van der Waals surface area contributed by atoms with Crippen molar-refractivity contribution in [3.63, 3.8) is 0 Å². The summed E-state index contributed by atoms with van der Waals surface area (Å²) in [5.41, 5.74) is 9.49. The number of carbonyl (C=O) groups is 1. The summed E-state index contributed by atoms with van der Waals surface area (Å²) in [6, 6.07) is 11.4. The van der Waals surface area contributed by atoms with E-state index in [1.165, 1.54) is 36.6 Å². The smallest absolute Gasteiger partial charge is 0.217 e. The topological polar surface area (TPSA) is 67.2 Å². The average molecular weight is 472 g/mol. The number of hydrogen-bond acceptors (Lipinski definition) is 3. The molecule has 0 bridgehead atoms. The van der Waals surface area contributed by atoms with Crippen LogP contribution in [0.2, 0.25) is 0 Å². The Morgan fingerprint density at radius 3 is 2.29 bits per heavy atom. The van der Waals surface area contributed by atoms with Crippen LogP contribution in [0.15, 0.2) is 42.5 Å². The molecule has 2 atom stereocenters. The molecule has 6 heteroatoms. The summed E-state index contributed by atoms with van der Waals surface area (Å²) >= 11 is 0. The largest absolute Gasteiger partial charge is 0.352 e. The van der Waals surface area contributed by atoms with E-state index in [9.17, 15) is 13.6 Å². The molecular formula is C28H39F2N3O. The highest BCUT2D eigenvalue weighted by atomic mass is 19.1. The third-order valence-corrected chi connectivity index (χ3v) is 6.95. The summed E-state index contributed by atoms with van der Waals surface area (Å²) in [7, 11) is 0. The van der Waals surface area contributed by atoms with Crippen molar-refractivity contribution in [1.29, 1.82) is 0 Å². The lowest BCUT2D eigenvalue weighted by atomic mass is 9.74. The molecule has 1 saturated carbocycles. The van der Waals surface area contributed by atoms with Gasteiger partial charge in [-0.2, -0.15) is 0 Å². The summed E-state index contributed by atoms with van der Waals surface area (Å²) in [4.78, 5) is 11.9. The number of hydrogen-bond donors (Lipinski definition) is 3. The van der Waals surface area contributed by atoms with Crippen molar-refractivity contribution in [3.05, 3.63) is 70.8 Å². The maximum absolute atomic E-state index is 13.7. The molecule has 3 rings (SSSR count). The second-order valence-corrected chi connectivity index (χ2v) is 10.8. The van der Waals surface area contributed by atoms with Gasteiger partial charge in [0.25, 0.3) is 0 Å². The van der Waals surface area contributed by atoms with Gasteiger partial charge in [-0.1, -0.05) is 64.3 Å².